The number of amides is 2. The molecule has 11 heteroatoms. The minimum absolute atomic E-state index is 0.0786. The molecule has 1 aliphatic heterocycles. The number of esters is 1. The molecule has 0 radical (unpaired) electrons. The number of thioether (sulfide) groups is 1. The summed E-state index contributed by atoms with van der Waals surface area (Å²) in [6, 6.07) is 25.0. The van der Waals surface area contributed by atoms with Crippen LogP contribution in [0.1, 0.15) is 32.7 Å². The maximum Gasteiger partial charge on any atom is 0.338 e. The summed E-state index contributed by atoms with van der Waals surface area (Å²) in [6.45, 7) is -0.534. The Hall–Kier alpha value is -4.49. The molecule has 0 N–H and O–H groups in total. The molecule has 0 bridgehead atoms. The zero-order chi connectivity index (χ0) is 29.8. The van der Waals surface area contributed by atoms with Crippen LogP contribution in [0.3, 0.4) is 0 Å². The first-order valence-electron chi connectivity index (χ1n) is 12.5. The summed E-state index contributed by atoms with van der Waals surface area (Å²) in [6.07, 6.45) is -0.0786. The summed E-state index contributed by atoms with van der Waals surface area (Å²) in [5.41, 5.74) is 2.38. The van der Waals surface area contributed by atoms with E-state index in [0.29, 0.717) is 21.3 Å². The molecule has 1 fully saturated rings. The number of hydrogen-bond acceptors (Lipinski definition) is 8. The number of anilines is 1. The van der Waals surface area contributed by atoms with Crippen molar-refractivity contribution in [3.8, 4) is 17.3 Å². The average molecular weight is 616 g/mol. The van der Waals surface area contributed by atoms with Gasteiger partial charge in [-0.1, -0.05) is 65.3 Å². The minimum atomic E-state index is -0.779. The van der Waals surface area contributed by atoms with Crippen molar-refractivity contribution in [2.75, 3.05) is 11.5 Å². The molecule has 3 aromatic carbocycles. The molecule has 208 valence electrons. The van der Waals surface area contributed by atoms with Crippen LogP contribution in [0.4, 0.5) is 5.69 Å². The van der Waals surface area contributed by atoms with E-state index in [1.807, 2.05) is 30.3 Å². The lowest BCUT2D eigenvalue weighted by Gasteiger charge is -2.15. The third-order valence-corrected chi connectivity index (χ3v) is 8.07. The predicted octanol–water partition coefficient (Wildman–Crippen LogP) is 6.39. The molecular formula is C31H19Cl2N3O5S. The first-order chi connectivity index (χ1) is 20.2. The van der Waals surface area contributed by atoms with Gasteiger partial charge in [-0.2, -0.15) is 5.26 Å². The zero-order valence-electron chi connectivity index (χ0n) is 21.6. The van der Waals surface area contributed by atoms with Gasteiger partial charge >= 0.3 is 5.97 Å². The van der Waals surface area contributed by atoms with Gasteiger partial charge < -0.3 is 4.74 Å². The number of hydrogen-bond donors (Lipinski definition) is 0. The molecule has 0 spiro atoms. The van der Waals surface area contributed by atoms with Gasteiger partial charge in [-0.25, -0.2) is 14.7 Å². The molecule has 2 amide bonds. The first-order valence-corrected chi connectivity index (χ1v) is 14.1. The van der Waals surface area contributed by atoms with Crippen molar-refractivity contribution in [3.63, 3.8) is 0 Å². The fraction of sp³-hybridized carbons (Fsp3) is 0.0968. The Labute approximate surface area is 254 Å². The number of benzene rings is 3. The van der Waals surface area contributed by atoms with E-state index in [-0.39, 0.29) is 28.3 Å². The lowest BCUT2D eigenvalue weighted by molar-refractivity contribution is -0.121. The summed E-state index contributed by atoms with van der Waals surface area (Å²) < 4.78 is 5.12. The molecule has 0 aliphatic carbocycles. The van der Waals surface area contributed by atoms with E-state index >= 15 is 0 Å². The Morgan fingerprint density at radius 3 is 2.43 bits per heavy atom. The molecule has 1 atom stereocenters. The Balaban J connectivity index is 1.25. The fourth-order valence-electron chi connectivity index (χ4n) is 4.24. The Morgan fingerprint density at radius 2 is 1.74 bits per heavy atom. The highest BCUT2D eigenvalue weighted by Gasteiger charge is 2.41. The number of aromatic nitrogens is 1. The van der Waals surface area contributed by atoms with Gasteiger partial charge in [0.05, 0.1) is 32.8 Å². The number of nitriles is 1. The number of halogens is 2. The summed E-state index contributed by atoms with van der Waals surface area (Å²) in [4.78, 5) is 56.7. The van der Waals surface area contributed by atoms with Crippen molar-refractivity contribution in [2.24, 2.45) is 0 Å². The van der Waals surface area contributed by atoms with Crippen LogP contribution in [0.5, 0.6) is 0 Å². The van der Waals surface area contributed by atoms with Crippen LogP contribution in [0.2, 0.25) is 10.0 Å². The molecule has 1 saturated heterocycles. The summed E-state index contributed by atoms with van der Waals surface area (Å²) in [5.74, 6) is -2.14. The van der Waals surface area contributed by atoms with Crippen molar-refractivity contribution in [3.05, 3.63) is 112 Å². The topological polar surface area (TPSA) is 117 Å². The summed E-state index contributed by atoms with van der Waals surface area (Å²) in [5, 5.41) is 9.69. The third kappa shape index (κ3) is 6.21. The molecule has 8 nitrogen and oxygen atoms in total. The van der Waals surface area contributed by atoms with Crippen LogP contribution in [0, 0.1) is 11.3 Å². The SMILES string of the molecule is N#Cc1ccc(-c2ccccc2)nc1SC1CC(=O)N(c2ccc(C(=O)OCC(=O)c3ccc(Cl)cc3Cl)cc2)C1=O. The molecule has 1 aromatic heterocycles. The van der Waals surface area contributed by atoms with E-state index in [1.165, 1.54) is 42.5 Å². The Kier molecular flexibility index (Phi) is 8.69. The number of ketones is 1. The fourth-order valence-corrected chi connectivity index (χ4v) is 5.85. The lowest BCUT2D eigenvalue weighted by Crippen LogP contribution is -2.31. The van der Waals surface area contributed by atoms with E-state index in [4.69, 9.17) is 27.9 Å². The van der Waals surface area contributed by atoms with E-state index < -0.39 is 35.4 Å². The van der Waals surface area contributed by atoms with E-state index in [9.17, 15) is 24.4 Å². The van der Waals surface area contributed by atoms with Gasteiger partial charge in [0.25, 0.3) is 0 Å². The van der Waals surface area contributed by atoms with Crippen molar-refractivity contribution in [2.45, 2.75) is 16.7 Å². The average Bonchev–Trinajstić information content (AvgIpc) is 3.28. The lowest BCUT2D eigenvalue weighted by atomic mass is 10.1. The number of pyridine rings is 1. The number of carbonyl (C=O) groups excluding carboxylic acids is 4. The number of nitrogens with zero attached hydrogens (tertiary/aromatic N) is 3. The van der Waals surface area contributed by atoms with Crippen LogP contribution in [-0.2, 0) is 14.3 Å². The monoisotopic (exact) mass is 615 g/mol. The normalized spacial score (nSPS) is 14.5. The molecule has 5 rings (SSSR count). The Bertz CT molecular complexity index is 1760. The van der Waals surface area contributed by atoms with Crippen molar-refractivity contribution >= 4 is 64.2 Å². The van der Waals surface area contributed by atoms with Gasteiger partial charge in [-0.3, -0.25) is 14.4 Å². The van der Waals surface area contributed by atoms with Crippen LogP contribution in [0.15, 0.2) is 90.0 Å². The van der Waals surface area contributed by atoms with E-state index in [0.717, 1.165) is 22.2 Å². The molecule has 0 saturated carbocycles. The van der Waals surface area contributed by atoms with Crippen LogP contribution < -0.4 is 4.90 Å². The van der Waals surface area contributed by atoms with Crippen molar-refractivity contribution < 1.29 is 23.9 Å². The minimum Gasteiger partial charge on any atom is -0.454 e. The standard InChI is InChI=1S/C31H19Cl2N3O5S/c32-21-9-12-23(24(33)14-21)26(37)17-41-31(40)19-6-10-22(11-7-19)36-28(38)15-27(30(36)39)42-29-20(16-34)8-13-25(35-29)18-4-2-1-3-5-18/h1-14,27H,15,17H2. The quantitative estimate of drug-likeness (QED) is 0.127. The number of rotatable bonds is 8. The molecule has 42 heavy (non-hydrogen) atoms. The van der Waals surface area contributed by atoms with Gasteiger partial charge in [0, 0.05) is 22.6 Å². The van der Waals surface area contributed by atoms with Crippen molar-refractivity contribution in [1.82, 2.24) is 4.98 Å². The highest BCUT2D eigenvalue weighted by atomic mass is 35.5. The van der Waals surface area contributed by atoms with Crippen LogP contribution in [-0.4, -0.2) is 40.4 Å². The summed E-state index contributed by atoms with van der Waals surface area (Å²) in [7, 11) is 0. The smallest absolute Gasteiger partial charge is 0.338 e. The predicted molar refractivity (Wildman–Crippen MR) is 159 cm³/mol. The number of carbonyl (C=O) groups is 4. The zero-order valence-corrected chi connectivity index (χ0v) is 23.9. The summed E-state index contributed by atoms with van der Waals surface area (Å²) >= 11 is 13.0. The first kappa shape index (κ1) is 29.0. The van der Waals surface area contributed by atoms with Gasteiger partial charge in [0.2, 0.25) is 17.6 Å². The second-order valence-electron chi connectivity index (χ2n) is 9.08. The van der Waals surface area contributed by atoms with Crippen molar-refractivity contribution in [1.29, 1.82) is 5.26 Å². The van der Waals surface area contributed by atoms with E-state index in [2.05, 4.69) is 11.1 Å². The third-order valence-electron chi connectivity index (χ3n) is 6.34. The second-order valence-corrected chi connectivity index (χ2v) is 11.1. The van der Waals surface area contributed by atoms with Gasteiger partial charge in [-0.15, -0.1) is 0 Å². The molecule has 1 unspecified atom stereocenters. The molecule has 4 aromatic rings. The number of ether oxygens (including phenoxy) is 1. The molecule has 2 heterocycles. The second kappa shape index (κ2) is 12.6. The largest absolute Gasteiger partial charge is 0.454 e. The Morgan fingerprint density at radius 1 is 1.00 bits per heavy atom. The molecule has 1 aliphatic rings. The van der Waals surface area contributed by atoms with Crippen LogP contribution in [0.25, 0.3) is 11.3 Å². The van der Waals surface area contributed by atoms with E-state index in [1.54, 1.807) is 12.1 Å². The van der Waals surface area contributed by atoms with Gasteiger partial charge in [-0.05, 0) is 54.6 Å². The maximum absolute atomic E-state index is 13.3. The highest BCUT2D eigenvalue weighted by molar-refractivity contribution is 8.00. The highest BCUT2D eigenvalue weighted by Crippen LogP contribution is 2.35. The van der Waals surface area contributed by atoms with Crippen LogP contribution >= 0.6 is 35.0 Å². The molecular weight excluding hydrogens is 597 g/mol. The van der Waals surface area contributed by atoms with Gasteiger partial charge in [0.15, 0.2) is 6.61 Å². The van der Waals surface area contributed by atoms with Gasteiger partial charge in [0.1, 0.15) is 11.1 Å². The number of Topliss-reactive ketones (excluding diaryl/α,β-unsaturated/α-hetero) is 1. The maximum atomic E-state index is 13.3. The number of imide groups is 1.